The fraction of sp³-hybridized carbons (Fsp3) is 0.188. The summed E-state index contributed by atoms with van der Waals surface area (Å²) in [5, 5.41) is 9.36. The molecule has 0 atom stereocenters. The third-order valence-corrected chi connectivity index (χ3v) is 5.69. The molecule has 0 aromatic heterocycles. The van der Waals surface area contributed by atoms with E-state index < -0.39 is 16.0 Å². The first-order chi connectivity index (χ1) is 11.7. The molecule has 0 fully saturated rings. The minimum atomic E-state index is -3.98. The van der Waals surface area contributed by atoms with Gasteiger partial charge in [0.05, 0.1) is 30.4 Å². The van der Waals surface area contributed by atoms with Gasteiger partial charge < -0.3 is 14.6 Å². The van der Waals surface area contributed by atoms with Gasteiger partial charge in [0, 0.05) is 16.6 Å². The van der Waals surface area contributed by atoms with E-state index in [9.17, 15) is 18.3 Å². The molecule has 0 spiro atoms. The maximum atomic E-state index is 12.6. The number of methoxy groups -OCH3 is 2. The van der Waals surface area contributed by atoms with Gasteiger partial charge in [-0.3, -0.25) is 4.72 Å². The molecule has 0 heterocycles. The van der Waals surface area contributed by atoms with Crippen molar-refractivity contribution >= 4 is 37.6 Å². The largest absolute Gasteiger partial charge is 0.493 e. The van der Waals surface area contributed by atoms with Crippen molar-refractivity contribution in [3.05, 3.63) is 45.9 Å². The van der Waals surface area contributed by atoms with Gasteiger partial charge in [-0.1, -0.05) is 15.9 Å². The van der Waals surface area contributed by atoms with Crippen LogP contribution < -0.4 is 14.2 Å². The smallest absolute Gasteiger partial charge is 0.337 e. The van der Waals surface area contributed by atoms with Crippen molar-refractivity contribution in [2.75, 3.05) is 18.9 Å². The van der Waals surface area contributed by atoms with Crippen molar-refractivity contribution in [3.8, 4) is 11.5 Å². The number of carbonyl (C=O) groups is 1. The molecule has 0 aliphatic rings. The predicted molar refractivity (Wildman–Crippen MR) is 96.2 cm³/mol. The molecule has 0 saturated carbocycles. The van der Waals surface area contributed by atoms with E-state index in [1.165, 1.54) is 38.5 Å². The van der Waals surface area contributed by atoms with Crippen LogP contribution in [0.25, 0.3) is 0 Å². The third kappa shape index (κ3) is 4.05. The summed E-state index contributed by atoms with van der Waals surface area (Å²) in [6.45, 7) is 1.75. The molecular weight excluding hydrogens is 414 g/mol. The van der Waals surface area contributed by atoms with Crippen molar-refractivity contribution in [2.45, 2.75) is 11.8 Å². The summed E-state index contributed by atoms with van der Waals surface area (Å²) in [5.41, 5.74) is 0.356. The Bertz CT molecular complexity index is 926. The molecule has 2 aromatic carbocycles. The molecule has 2 rings (SSSR count). The van der Waals surface area contributed by atoms with Crippen molar-refractivity contribution in [1.82, 2.24) is 0 Å². The summed E-state index contributed by atoms with van der Waals surface area (Å²) >= 11 is 3.30. The van der Waals surface area contributed by atoms with Crippen LogP contribution in [0.1, 0.15) is 15.9 Å². The monoisotopic (exact) mass is 429 g/mol. The van der Waals surface area contributed by atoms with Crippen molar-refractivity contribution in [3.63, 3.8) is 0 Å². The zero-order chi connectivity index (χ0) is 18.8. The second-order valence-corrected chi connectivity index (χ2v) is 7.61. The van der Waals surface area contributed by atoms with E-state index in [1.54, 1.807) is 13.0 Å². The van der Waals surface area contributed by atoms with Crippen LogP contribution in [0, 0.1) is 6.92 Å². The molecule has 7 nitrogen and oxygen atoms in total. The Morgan fingerprint density at radius 2 is 1.72 bits per heavy atom. The van der Waals surface area contributed by atoms with E-state index in [-0.39, 0.29) is 27.6 Å². The number of halogens is 1. The van der Waals surface area contributed by atoms with E-state index >= 15 is 0 Å². The molecule has 0 aliphatic heterocycles. The Hall–Kier alpha value is -2.26. The van der Waals surface area contributed by atoms with E-state index in [0.29, 0.717) is 0 Å². The Kier molecular flexibility index (Phi) is 5.58. The zero-order valence-corrected chi connectivity index (χ0v) is 16.1. The molecule has 0 radical (unpaired) electrons. The average molecular weight is 430 g/mol. The lowest BCUT2D eigenvalue weighted by Crippen LogP contribution is -2.16. The lowest BCUT2D eigenvalue weighted by molar-refractivity contribution is 0.0697. The van der Waals surface area contributed by atoms with Gasteiger partial charge in [0.25, 0.3) is 10.0 Å². The van der Waals surface area contributed by atoms with Gasteiger partial charge in [-0.05, 0) is 30.7 Å². The molecule has 0 unspecified atom stereocenters. The zero-order valence-electron chi connectivity index (χ0n) is 13.7. The summed E-state index contributed by atoms with van der Waals surface area (Å²) < 4.78 is 38.4. The van der Waals surface area contributed by atoms with Crippen LogP contribution in [0.4, 0.5) is 5.69 Å². The van der Waals surface area contributed by atoms with Gasteiger partial charge in [0.1, 0.15) is 0 Å². The van der Waals surface area contributed by atoms with Gasteiger partial charge in [0.15, 0.2) is 11.5 Å². The SMILES string of the molecule is COc1cc(NS(=O)(=O)c2ccc(Br)c(C)c2)c(C(=O)O)cc1OC. The predicted octanol–water partition coefficient (Wildman–Crippen LogP) is 3.27. The molecule has 0 aliphatic carbocycles. The Balaban J connectivity index is 2.54. The summed E-state index contributed by atoms with van der Waals surface area (Å²) in [6, 6.07) is 6.97. The summed E-state index contributed by atoms with van der Waals surface area (Å²) in [6.07, 6.45) is 0. The number of hydrogen-bond acceptors (Lipinski definition) is 5. The molecule has 2 N–H and O–H groups in total. The van der Waals surface area contributed by atoms with Gasteiger partial charge in [-0.25, -0.2) is 13.2 Å². The highest BCUT2D eigenvalue weighted by molar-refractivity contribution is 9.10. The normalized spacial score (nSPS) is 11.0. The van der Waals surface area contributed by atoms with Crippen LogP contribution in [0.15, 0.2) is 39.7 Å². The lowest BCUT2D eigenvalue weighted by atomic mass is 10.1. The number of sulfonamides is 1. The topological polar surface area (TPSA) is 102 Å². The highest BCUT2D eigenvalue weighted by Crippen LogP contribution is 2.34. The maximum Gasteiger partial charge on any atom is 0.337 e. The number of nitrogens with one attached hydrogen (secondary N) is 1. The highest BCUT2D eigenvalue weighted by Gasteiger charge is 2.22. The van der Waals surface area contributed by atoms with E-state index in [2.05, 4.69) is 20.7 Å². The number of aryl methyl sites for hydroxylation is 1. The molecule has 134 valence electrons. The van der Waals surface area contributed by atoms with Gasteiger partial charge in [-0.2, -0.15) is 0 Å². The molecule has 0 bridgehead atoms. The number of benzene rings is 2. The minimum absolute atomic E-state index is 0.0133. The maximum absolute atomic E-state index is 12.6. The number of rotatable bonds is 6. The standard InChI is InChI=1S/C16H16BrNO6S/c1-9-6-10(4-5-12(9)17)25(21,22)18-13-8-15(24-3)14(23-2)7-11(13)16(19)20/h4-8,18H,1-3H3,(H,19,20). The van der Waals surface area contributed by atoms with Crippen molar-refractivity contribution in [2.24, 2.45) is 0 Å². The second-order valence-electron chi connectivity index (χ2n) is 5.07. The van der Waals surface area contributed by atoms with Gasteiger partial charge in [0.2, 0.25) is 0 Å². The number of hydrogen-bond donors (Lipinski definition) is 2. The molecule has 0 saturated heterocycles. The average Bonchev–Trinajstić information content (AvgIpc) is 2.56. The second kappa shape index (κ2) is 7.32. The van der Waals surface area contributed by atoms with Gasteiger partial charge >= 0.3 is 5.97 Å². The Morgan fingerprint density at radius 1 is 1.12 bits per heavy atom. The third-order valence-electron chi connectivity index (χ3n) is 3.44. The molecule has 25 heavy (non-hydrogen) atoms. The number of ether oxygens (including phenoxy) is 2. The van der Waals surface area contributed by atoms with E-state index in [1.807, 2.05) is 0 Å². The first-order valence-electron chi connectivity index (χ1n) is 6.98. The van der Waals surface area contributed by atoms with Crippen LogP contribution >= 0.6 is 15.9 Å². The number of aromatic carboxylic acids is 1. The first kappa shape index (κ1) is 19.1. The quantitative estimate of drug-likeness (QED) is 0.730. The molecule has 0 amide bonds. The van der Waals surface area contributed by atoms with Crippen LogP contribution in [0.3, 0.4) is 0 Å². The lowest BCUT2D eigenvalue weighted by Gasteiger charge is -2.15. The highest BCUT2D eigenvalue weighted by atomic mass is 79.9. The van der Waals surface area contributed by atoms with Crippen LogP contribution in [-0.4, -0.2) is 33.7 Å². The van der Waals surface area contributed by atoms with E-state index in [4.69, 9.17) is 9.47 Å². The molecule has 2 aromatic rings. The Morgan fingerprint density at radius 3 is 2.24 bits per heavy atom. The summed E-state index contributed by atoms with van der Waals surface area (Å²) in [5.74, 6) is -0.912. The van der Waals surface area contributed by atoms with Crippen LogP contribution in [-0.2, 0) is 10.0 Å². The van der Waals surface area contributed by atoms with Crippen LogP contribution in [0.2, 0.25) is 0 Å². The molecule has 9 heteroatoms. The van der Waals surface area contributed by atoms with E-state index in [0.717, 1.165) is 10.0 Å². The Labute approximate surface area is 153 Å². The fourth-order valence-electron chi connectivity index (χ4n) is 2.13. The van der Waals surface area contributed by atoms with Crippen molar-refractivity contribution in [1.29, 1.82) is 0 Å². The van der Waals surface area contributed by atoms with Crippen LogP contribution in [0.5, 0.6) is 11.5 Å². The van der Waals surface area contributed by atoms with Crippen molar-refractivity contribution < 1.29 is 27.8 Å². The molecular formula is C16H16BrNO6S. The summed E-state index contributed by atoms with van der Waals surface area (Å²) in [4.78, 5) is 11.5. The minimum Gasteiger partial charge on any atom is -0.493 e. The fourth-order valence-corrected chi connectivity index (χ4v) is 3.53. The number of carboxylic acids is 1. The summed E-state index contributed by atoms with van der Waals surface area (Å²) in [7, 11) is -1.25. The first-order valence-corrected chi connectivity index (χ1v) is 9.25. The number of anilines is 1. The van der Waals surface area contributed by atoms with Gasteiger partial charge in [-0.15, -0.1) is 0 Å². The number of carboxylic acid groups (broad SMARTS) is 1.